The van der Waals surface area contributed by atoms with Crippen molar-refractivity contribution >= 4 is 17.9 Å². The number of hydrogen-bond acceptors (Lipinski definition) is 7. The second kappa shape index (κ2) is 10.1. The van der Waals surface area contributed by atoms with Crippen molar-refractivity contribution in [3.8, 4) is 5.75 Å². The molecule has 2 atom stereocenters. The van der Waals surface area contributed by atoms with Gasteiger partial charge in [0.1, 0.15) is 11.6 Å². The molecule has 9 heteroatoms. The number of aromatic nitrogens is 1. The highest BCUT2D eigenvalue weighted by atomic mass is 19.1. The van der Waals surface area contributed by atoms with Gasteiger partial charge in [-0.1, -0.05) is 6.07 Å². The fourth-order valence-corrected chi connectivity index (χ4v) is 3.67. The Kier molecular flexibility index (Phi) is 6.96. The van der Waals surface area contributed by atoms with Crippen molar-refractivity contribution in [1.82, 2.24) is 10.3 Å². The average molecular weight is 442 g/mol. The molecule has 1 fully saturated rings. The van der Waals surface area contributed by atoms with E-state index < -0.39 is 23.9 Å². The molecule has 2 aromatic rings. The molecule has 1 aliphatic heterocycles. The van der Waals surface area contributed by atoms with E-state index in [4.69, 9.17) is 9.47 Å². The molecule has 2 aliphatic rings. The summed E-state index contributed by atoms with van der Waals surface area (Å²) in [6, 6.07) is 6.94. The molecular weight excluding hydrogens is 415 g/mol. The third-order valence-corrected chi connectivity index (χ3v) is 5.77. The number of aliphatic imine (C=N–C) groups is 1. The lowest BCUT2D eigenvalue weighted by atomic mass is 9.93. The number of ether oxygens (including phenoxy) is 2. The van der Waals surface area contributed by atoms with E-state index in [2.05, 4.69) is 20.6 Å². The molecule has 4 rings (SSSR count). The number of methoxy groups -OCH3 is 1. The van der Waals surface area contributed by atoms with Crippen LogP contribution in [0.15, 0.2) is 35.5 Å². The standard InChI is InChI=1S/C23H27FN4O4/c1-31-13-32-17-6-5-14-8-20(25-10-15(14)7-17)21(29)12-27-23(30)18-9-22(26-11-19(18)24)28-16-3-2-4-16/h5-7,9-11,16,20-21,29H,2-4,8,12-13H2,1H3,(H,26,28)(H,27,30)/t20?,21-/m1/s1. The van der Waals surface area contributed by atoms with Crippen LogP contribution in [0.25, 0.3) is 0 Å². The van der Waals surface area contributed by atoms with Crippen LogP contribution >= 0.6 is 0 Å². The van der Waals surface area contributed by atoms with Crippen molar-refractivity contribution < 1.29 is 23.8 Å². The van der Waals surface area contributed by atoms with Crippen LogP contribution in [-0.2, 0) is 11.2 Å². The van der Waals surface area contributed by atoms with Gasteiger partial charge >= 0.3 is 0 Å². The quantitative estimate of drug-likeness (QED) is 0.515. The zero-order valence-electron chi connectivity index (χ0n) is 17.9. The van der Waals surface area contributed by atoms with E-state index in [0.717, 1.165) is 36.6 Å². The first-order chi connectivity index (χ1) is 15.5. The molecule has 1 unspecified atom stereocenters. The summed E-state index contributed by atoms with van der Waals surface area (Å²) in [5.41, 5.74) is 1.83. The van der Waals surface area contributed by atoms with Gasteiger partial charge in [-0.2, -0.15) is 0 Å². The highest BCUT2D eigenvalue weighted by Gasteiger charge is 2.24. The van der Waals surface area contributed by atoms with Crippen molar-refractivity contribution in [2.75, 3.05) is 25.8 Å². The smallest absolute Gasteiger partial charge is 0.254 e. The van der Waals surface area contributed by atoms with Gasteiger partial charge < -0.3 is 25.2 Å². The maximum atomic E-state index is 14.2. The number of nitrogens with one attached hydrogen (secondary N) is 2. The molecule has 1 aromatic carbocycles. The average Bonchev–Trinajstić information content (AvgIpc) is 2.78. The SMILES string of the molecule is COCOc1ccc2c(c1)C=NC([C@H](O)CNC(=O)c1cc(NC3CCC3)ncc1F)C2. The maximum absolute atomic E-state index is 14.2. The van der Waals surface area contributed by atoms with Gasteiger partial charge in [-0.25, -0.2) is 9.37 Å². The number of nitrogens with zero attached hydrogens (tertiary/aromatic N) is 2. The maximum Gasteiger partial charge on any atom is 0.254 e. The fraction of sp³-hybridized carbons (Fsp3) is 0.435. The second-order valence-electron chi connectivity index (χ2n) is 8.06. The molecule has 0 spiro atoms. The Balaban J connectivity index is 1.33. The Morgan fingerprint density at radius 2 is 2.19 bits per heavy atom. The van der Waals surface area contributed by atoms with E-state index in [1.807, 2.05) is 18.2 Å². The molecule has 1 aromatic heterocycles. The Hall–Kier alpha value is -3.04. The molecule has 1 aliphatic carbocycles. The number of carbonyl (C=O) groups excluding carboxylic acids is 1. The summed E-state index contributed by atoms with van der Waals surface area (Å²) < 4.78 is 24.5. The van der Waals surface area contributed by atoms with Crippen LogP contribution in [0, 0.1) is 5.82 Å². The minimum atomic E-state index is -0.912. The fourth-order valence-electron chi connectivity index (χ4n) is 3.67. The van der Waals surface area contributed by atoms with Crippen LogP contribution in [-0.4, -0.2) is 60.8 Å². The number of aliphatic hydroxyl groups excluding tert-OH is 1. The molecule has 1 amide bonds. The van der Waals surface area contributed by atoms with E-state index in [-0.39, 0.29) is 18.9 Å². The number of pyridine rings is 1. The summed E-state index contributed by atoms with van der Waals surface area (Å²) in [7, 11) is 1.55. The van der Waals surface area contributed by atoms with Crippen LogP contribution < -0.4 is 15.4 Å². The molecule has 3 N–H and O–H groups in total. The van der Waals surface area contributed by atoms with Crippen LogP contribution in [0.4, 0.5) is 10.2 Å². The van der Waals surface area contributed by atoms with Crippen molar-refractivity contribution in [2.24, 2.45) is 4.99 Å². The molecule has 0 bridgehead atoms. The molecular formula is C23H27FN4O4. The van der Waals surface area contributed by atoms with Gasteiger partial charge in [-0.05, 0) is 55.0 Å². The highest BCUT2D eigenvalue weighted by molar-refractivity contribution is 5.95. The number of anilines is 1. The van der Waals surface area contributed by atoms with Crippen LogP contribution in [0.2, 0.25) is 0 Å². The summed E-state index contributed by atoms with van der Waals surface area (Å²) in [6.07, 6.45) is 5.57. The molecule has 0 radical (unpaired) electrons. The molecule has 1 saturated carbocycles. The Bertz CT molecular complexity index is 996. The molecule has 32 heavy (non-hydrogen) atoms. The van der Waals surface area contributed by atoms with Crippen LogP contribution in [0.1, 0.15) is 40.7 Å². The van der Waals surface area contributed by atoms with Gasteiger partial charge in [0.25, 0.3) is 5.91 Å². The lowest BCUT2D eigenvalue weighted by molar-refractivity contribution is 0.0511. The first-order valence-corrected chi connectivity index (χ1v) is 10.7. The lowest BCUT2D eigenvalue weighted by Gasteiger charge is -2.27. The molecule has 8 nitrogen and oxygen atoms in total. The highest BCUT2D eigenvalue weighted by Crippen LogP contribution is 2.24. The van der Waals surface area contributed by atoms with E-state index in [1.165, 1.54) is 6.07 Å². The van der Waals surface area contributed by atoms with E-state index in [1.54, 1.807) is 13.3 Å². The predicted molar refractivity (Wildman–Crippen MR) is 118 cm³/mol. The first kappa shape index (κ1) is 22.2. The summed E-state index contributed by atoms with van der Waals surface area (Å²) in [5.74, 6) is -0.147. The molecule has 0 saturated heterocycles. The van der Waals surface area contributed by atoms with Crippen molar-refractivity contribution in [1.29, 1.82) is 0 Å². The van der Waals surface area contributed by atoms with E-state index >= 15 is 0 Å². The largest absolute Gasteiger partial charge is 0.468 e. The number of halogens is 1. The number of hydrogen-bond donors (Lipinski definition) is 3. The van der Waals surface area contributed by atoms with Gasteiger partial charge in [-0.15, -0.1) is 0 Å². The van der Waals surface area contributed by atoms with Gasteiger partial charge in [0, 0.05) is 25.9 Å². The van der Waals surface area contributed by atoms with Crippen molar-refractivity contribution in [2.45, 2.75) is 43.9 Å². The second-order valence-corrected chi connectivity index (χ2v) is 8.06. The van der Waals surface area contributed by atoms with Gasteiger partial charge in [-0.3, -0.25) is 9.79 Å². The topological polar surface area (TPSA) is 105 Å². The Morgan fingerprint density at radius 1 is 1.34 bits per heavy atom. The zero-order valence-corrected chi connectivity index (χ0v) is 17.9. The molecule has 170 valence electrons. The Labute approximate surface area is 185 Å². The lowest BCUT2D eigenvalue weighted by Crippen LogP contribution is -2.40. The number of fused-ring (bicyclic) bond motifs is 1. The summed E-state index contributed by atoms with van der Waals surface area (Å²) in [4.78, 5) is 20.9. The van der Waals surface area contributed by atoms with Gasteiger partial charge in [0.05, 0.1) is 23.9 Å². The number of benzene rings is 1. The van der Waals surface area contributed by atoms with Crippen LogP contribution in [0.3, 0.4) is 0 Å². The third-order valence-electron chi connectivity index (χ3n) is 5.77. The normalized spacial score (nSPS) is 18.4. The van der Waals surface area contributed by atoms with Crippen molar-refractivity contribution in [3.05, 3.63) is 53.0 Å². The van der Waals surface area contributed by atoms with E-state index in [9.17, 15) is 14.3 Å². The van der Waals surface area contributed by atoms with Crippen LogP contribution in [0.5, 0.6) is 5.75 Å². The summed E-state index contributed by atoms with van der Waals surface area (Å²) >= 11 is 0. The van der Waals surface area contributed by atoms with Gasteiger partial charge in [0.2, 0.25) is 0 Å². The Morgan fingerprint density at radius 3 is 2.94 bits per heavy atom. The zero-order chi connectivity index (χ0) is 22.5. The number of amides is 1. The summed E-state index contributed by atoms with van der Waals surface area (Å²) in [6.45, 7) is 0.117. The minimum Gasteiger partial charge on any atom is -0.468 e. The third kappa shape index (κ3) is 5.23. The molecule has 2 heterocycles. The predicted octanol–water partition coefficient (Wildman–Crippen LogP) is 2.30. The number of carbonyl (C=O) groups is 1. The van der Waals surface area contributed by atoms with E-state index in [0.29, 0.717) is 24.0 Å². The number of rotatable bonds is 9. The van der Waals surface area contributed by atoms with Gasteiger partial charge in [0.15, 0.2) is 12.6 Å². The minimum absolute atomic E-state index is 0.0433. The summed E-state index contributed by atoms with van der Waals surface area (Å²) in [5, 5.41) is 16.4. The monoisotopic (exact) mass is 442 g/mol. The van der Waals surface area contributed by atoms with Crippen molar-refractivity contribution in [3.63, 3.8) is 0 Å². The first-order valence-electron chi connectivity index (χ1n) is 10.7. The number of aliphatic hydroxyl groups is 1.